The summed E-state index contributed by atoms with van der Waals surface area (Å²) in [5.41, 5.74) is 2.09. The molecule has 0 amide bonds. The van der Waals surface area contributed by atoms with Crippen LogP contribution < -0.4 is 0 Å². The molecule has 0 aliphatic heterocycles. The first-order valence-electron chi connectivity index (χ1n) is 6.02. The molecule has 4 heteroatoms. The molecule has 0 saturated carbocycles. The Kier molecular flexibility index (Phi) is 5.15. The summed E-state index contributed by atoms with van der Waals surface area (Å²) in [6, 6.07) is 4.77. The van der Waals surface area contributed by atoms with Crippen molar-refractivity contribution in [2.45, 2.75) is 50.8 Å². The number of hydrogen-bond donors (Lipinski definition) is 1. The lowest BCUT2D eigenvalue weighted by Crippen LogP contribution is -2.00. The molecule has 1 aromatic carbocycles. The third-order valence-electron chi connectivity index (χ3n) is 2.92. The van der Waals surface area contributed by atoms with Crippen molar-refractivity contribution in [3.63, 3.8) is 0 Å². The summed E-state index contributed by atoms with van der Waals surface area (Å²) in [5.74, 6) is 0. The molecule has 0 aliphatic rings. The van der Waals surface area contributed by atoms with Gasteiger partial charge in [0.05, 0.1) is 4.90 Å². The normalized spacial score (nSPS) is 11.7. The predicted octanol–water partition coefficient (Wildman–Crippen LogP) is 3.36. The Morgan fingerprint density at radius 3 is 2.47 bits per heavy atom. The lowest BCUT2D eigenvalue weighted by atomic mass is 10.0. The Hall–Kier alpha value is -0.870. The van der Waals surface area contributed by atoms with Crippen LogP contribution in [0.15, 0.2) is 23.1 Å². The number of benzene rings is 1. The van der Waals surface area contributed by atoms with Crippen LogP contribution in [0.25, 0.3) is 0 Å². The van der Waals surface area contributed by atoms with Gasteiger partial charge in [0.2, 0.25) is 0 Å². The molecule has 0 heterocycles. The summed E-state index contributed by atoms with van der Waals surface area (Å²) in [4.78, 5) is -0.00593. The van der Waals surface area contributed by atoms with E-state index < -0.39 is 10.1 Å². The van der Waals surface area contributed by atoms with Gasteiger partial charge in [0.25, 0.3) is 10.1 Å². The van der Waals surface area contributed by atoms with Crippen LogP contribution in [-0.4, -0.2) is 13.0 Å². The maximum Gasteiger partial charge on any atom is 0.294 e. The summed E-state index contributed by atoms with van der Waals surface area (Å²) in [5, 5.41) is 0. The summed E-state index contributed by atoms with van der Waals surface area (Å²) >= 11 is 0. The van der Waals surface area contributed by atoms with E-state index in [0.717, 1.165) is 30.4 Å². The van der Waals surface area contributed by atoms with Gasteiger partial charge < -0.3 is 0 Å². The maximum atomic E-state index is 11.0. The van der Waals surface area contributed by atoms with E-state index in [-0.39, 0.29) is 4.90 Å². The van der Waals surface area contributed by atoms with Crippen LogP contribution >= 0.6 is 0 Å². The molecule has 0 bridgehead atoms. The third-order valence-corrected chi connectivity index (χ3v) is 3.77. The van der Waals surface area contributed by atoms with Crippen LogP contribution in [-0.2, 0) is 16.5 Å². The summed E-state index contributed by atoms with van der Waals surface area (Å²) in [6.07, 6.45) is 5.48. The quantitative estimate of drug-likeness (QED) is 0.627. The van der Waals surface area contributed by atoms with Crippen LogP contribution in [0, 0.1) is 6.92 Å². The Bertz CT molecular complexity index is 464. The van der Waals surface area contributed by atoms with Gasteiger partial charge in [0.1, 0.15) is 0 Å². The van der Waals surface area contributed by atoms with Crippen LogP contribution in [0.5, 0.6) is 0 Å². The molecule has 1 rings (SSSR count). The van der Waals surface area contributed by atoms with Gasteiger partial charge >= 0.3 is 0 Å². The molecule has 0 fully saturated rings. The van der Waals surface area contributed by atoms with E-state index >= 15 is 0 Å². The smallest absolute Gasteiger partial charge is 0.282 e. The second kappa shape index (κ2) is 6.17. The summed E-state index contributed by atoms with van der Waals surface area (Å²) in [7, 11) is -4.08. The number of unbranched alkanes of at least 4 members (excludes halogenated alkanes) is 3. The number of hydrogen-bond acceptors (Lipinski definition) is 2. The second-order valence-corrected chi connectivity index (χ2v) is 5.80. The van der Waals surface area contributed by atoms with Crippen molar-refractivity contribution in [2.24, 2.45) is 0 Å². The Morgan fingerprint density at radius 1 is 1.18 bits per heavy atom. The zero-order valence-electron chi connectivity index (χ0n) is 10.4. The van der Waals surface area contributed by atoms with Crippen LogP contribution in [0.4, 0.5) is 0 Å². The zero-order valence-corrected chi connectivity index (χ0v) is 11.3. The van der Waals surface area contributed by atoms with E-state index in [1.165, 1.54) is 18.9 Å². The van der Waals surface area contributed by atoms with Gasteiger partial charge in [-0.3, -0.25) is 4.55 Å². The number of aryl methyl sites for hydroxylation is 2. The molecule has 17 heavy (non-hydrogen) atoms. The van der Waals surface area contributed by atoms with Gasteiger partial charge in [-0.25, -0.2) is 0 Å². The first-order valence-corrected chi connectivity index (χ1v) is 7.46. The van der Waals surface area contributed by atoms with Gasteiger partial charge in [-0.2, -0.15) is 8.42 Å². The Morgan fingerprint density at radius 2 is 1.88 bits per heavy atom. The fraction of sp³-hybridized carbons (Fsp3) is 0.538. The van der Waals surface area contributed by atoms with E-state index in [1.807, 2.05) is 6.92 Å². The highest BCUT2D eigenvalue weighted by atomic mass is 32.2. The van der Waals surface area contributed by atoms with Crippen LogP contribution in [0.1, 0.15) is 43.7 Å². The van der Waals surface area contributed by atoms with Gasteiger partial charge in [-0.1, -0.05) is 32.3 Å². The predicted molar refractivity (Wildman–Crippen MR) is 68.8 cm³/mol. The van der Waals surface area contributed by atoms with Crippen molar-refractivity contribution in [2.75, 3.05) is 0 Å². The molecule has 1 aromatic rings. The molecule has 96 valence electrons. The first-order chi connectivity index (χ1) is 7.95. The fourth-order valence-electron chi connectivity index (χ4n) is 1.82. The van der Waals surface area contributed by atoms with Gasteiger partial charge in [-0.05, 0) is 43.0 Å². The highest BCUT2D eigenvalue weighted by molar-refractivity contribution is 7.85. The first kappa shape index (κ1) is 14.2. The van der Waals surface area contributed by atoms with Crippen LogP contribution in [0.2, 0.25) is 0 Å². The molecule has 0 aliphatic carbocycles. The van der Waals surface area contributed by atoms with Crippen molar-refractivity contribution in [3.8, 4) is 0 Å². The maximum absolute atomic E-state index is 11.0. The minimum Gasteiger partial charge on any atom is -0.282 e. The molecule has 0 unspecified atom stereocenters. The van der Waals surface area contributed by atoms with Crippen molar-refractivity contribution in [1.82, 2.24) is 0 Å². The fourth-order valence-corrected chi connectivity index (χ4v) is 2.35. The average molecular weight is 256 g/mol. The lowest BCUT2D eigenvalue weighted by Gasteiger charge is -2.07. The Labute approximate surface area is 104 Å². The summed E-state index contributed by atoms with van der Waals surface area (Å²) in [6.45, 7) is 4.12. The minimum atomic E-state index is -4.08. The topological polar surface area (TPSA) is 54.4 Å². The van der Waals surface area contributed by atoms with E-state index in [1.54, 1.807) is 12.1 Å². The molecule has 0 atom stereocenters. The second-order valence-electron chi connectivity index (χ2n) is 4.37. The Balaban J connectivity index is 2.77. The molecular formula is C13H20O3S. The molecule has 0 spiro atoms. The van der Waals surface area contributed by atoms with Crippen molar-refractivity contribution < 1.29 is 13.0 Å². The zero-order chi connectivity index (χ0) is 12.9. The van der Waals surface area contributed by atoms with Crippen molar-refractivity contribution >= 4 is 10.1 Å². The molecule has 0 saturated heterocycles. The molecule has 0 aromatic heterocycles. The standard InChI is InChI=1S/C13H20O3S/c1-3-4-5-6-7-12-10-13(17(14,15)16)9-8-11(12)2/h8-10H,3-7H2,1-2H3,(H,14,15,16). The number of rotatable bonds is 6. The monoisotopic (exact) mass is 256 g/mol. The van der Waals surface area contributed by atoms with Gasteiger partial charge in [0, 0.05) is 0 Å². The minimum absolute atomic E-state index is 0.00593. The van der Waals surface area contributed by atoms with E-state index in [2.05, 4.69) is 6.92 Å². The van der Waals surface area contributed by atoms with E-state index in [9.17, 15) is 8.42 Å². The highest BCUT2D eigenvalue weighted by Crippen LogP contribution is 2.18. The SMILES string of the molecule is CCCCCCc1cc(S(=O)(=O)O)ccc1C. The van der Waals surface area contributed by atoms with Crippen molar-refractivity contribution in [3.05, 3.63) is 29.3 Å². The lowest BCUT2D eigenvalue weighted by molar-refractivity contribution is 0.483. The molecule has 3 nitrogen and oxygen atoms in total. The molecular weight excluding hydrogens is 236 g/mol. The summed E-state index contributed by atoms with van der Waals surface area (Å²) < 4.78 is 31.0. The third kappa shape index (κ3) is 4.48. The van der Waals surface area contributed by atoms with E-state index in [4.69, 9.17) is 4.55 Å². The molecule has 1 N–H and O–H groups in total. The molecule has 0 radical (unpaired) electrons. The van der Waals surface area contributed by atoms with Crippen LogP contribution in [0.3, 0.4) is 0 Å². The van der Waals surface area contributed by atoms with Gasteiger partial charge in [-0.15, -0.1) is 0 Å². The van der Waals surface area contributed by atoms with E-state index in [0.29, 0.717) is 0 Å². The van der Waals surface area contributed by atoms with Crippen molar-refractivity contribution in [1.29, 1.82) is 0 Å². The largest absolute Gasteiger partial charge is 0.294 e. The van der Waals surface area contributed by atoms with Gasteiger partial charge in [0.15, 0.2) is 0 Å². The average Bonchev–Trinajstić information content (AvgIpc) is 2.25. The highest BCUT2D eigenvalue weighted by Gasteiger charge is 2.10.